The Labute approximate surface area is 150 Å². The number of imidazole rings is 1. The van der Waals surface area contributed by atoms with Crippen LogP contribution in [0, 0.1) is 0 Å². The van der Waals surface area contributed by atoms with E-state index in [9.17, 15) is 8.42 Å². The van der Waals surface area contributed by atoms with Crippen molar-refractivity contribution in [2.24, 2.45) is 7.05 Å². The van der Waals surface area contributed by atoms with Crippen molar-refractivity contribution in [1.29, 1.82) is 0 Å². The molecule has 1 aromatic carbocycles. The smallest absolute Gasteiger partial charge is 0.243 e. The second kappa shape index (κ2) is 7.31. The van der Waals surface area contributed by atoms with Gasteiger partial charge in [-0.1, -0.05) is 22.0 Å². The van der Waals surface area contributed by atoms with Crippen LogP contribution in [0.3, 0.4) is 0 Å². The summed E-state index contributed by atoms with van der Waals surface area (Å²) in [7, 11) is -1.69. The van der Waals surface area contributed by atoms with Gasteiger partial charge in [0.15, 0.2) is 0 Å². The largest absolute Gasteiger partial charge is 0.337 e. The first-order valence-corrected chi connectivity index (χ1v) is 9.19. The third-order valence-corrected chi connectivity index (χ3v) is 6.15. The van der Waals surface area contributed by atoms with Crippen molar-refractivity contribution in [3.63, 3.8) is 0 Å². The Morgan fingerprint density at radius 3 is 2.83 bits per heavy atom. The van der Waals surface area contributed by atoms with Crippen LogP contribution in [0.25, 0.3) is 0 Å². The van der Waals surface area contributed by atoms with Crippen molar-refractivity contribution in [1.82, 2.24) is 19.2 Å². The first-order chi connectivity index (χ1) is 10.5. The molecular formula is C14H18BrClN4O2S. The molecule has 2 aromatic rings. The zero-order valence-electron chi connectivity index (χ0n) is 12.5. The number of rotatable bonds is 3. The average molecular weight is 422 g/mol. The number of benzene rings is 1. The predicted octanol–water partition coefficient (Wildman–Crippen LogP) is 1.94. The SMILES string of the molecule is Cl.Cn1ccnc1C1CNCCN1S(=O)(=O)c1cccc(Br)c1. The van der Waals surface area contributed by atoms with Crippen molar-refractivity contribution in [2.75, 3.05) is 19.6 Å². The molecule has 0 aliphatic carbocycles. The van der Waals surface area contributed by atoms with Gasteiger partial charge in [-0.3, -0.25) is 0 Å². The number of nitrogens with zero attached hydrogens (tertiary/aromatic N) is 3. The third kappa shape index (κ3) is 3.61. The topological polar surface area (TPSA) is 67.2 Å². The molecule has 1 fully saturated rings. The summed E-state index contributed by atoms with van der Waals surface area (Å²) >= 11 is 3.33. The zero-order valence-corrected chi connectivity index (χ0v) is 15.7. The molecule has 3 rings (SSSR count). The Hall–Kier alpha value is -0.930. The summed E-state index contributed by atoms with van der Waals surface area (Å²) in [5.74, 6) is 0.741. The number of halogens is 2. The predicted molar refractivity (Wildman–Crippen MR) is 94.1 cm³/mol. The van der Waals surface area contributed by atoms with E-state index in [0.29, 0.717) is 24.5 Å². The van der Waals surface area contributed by atoms with E-state index in [0.717, 1.165) is 10.3 Å². The number of hydrogen-bond donors (Lipinski definition) is 1. The van der Waals surface area contributed by atoms with Crippen LogP contribution in [0.15, 0.2) is 46.0 Å². The molecular weight excluding hydrogens is 404 g/mol. The Bertz CT molecular complexity index is 781. The molecule has 0 saturated carbocycles. The quantitative estimate of drug-likeness (QED) is 0.822. The molecule has 0 amide bonds. The lowest BCUT2D eigenvalue weighted by atomic mass is 10.2. The van der Waals surface area contributed by atoms with Crippen LogP contribution in [-0.4, -0.2) is 41.9 Å². The van der Waals surface area contributed by atoms with Crippen LogP contribution in [0.2, 0.25) is 0 Å². The number of nitrogens with one attached hydrogen (secondary N) is 1. The van der Waals surface area contributed by atoms with Gasteiger partial charge in [-0.15, -0.1) is 12.4 Å². The van der Waals surface area contributed by atoms with Crippen molar-refractivity contribution in [3.05, 3.63) is 47.0 Å². The number of aromatic nitrogens is 2. The lowest BCUT2D eigenvalue weighted by molar-refractivity contribution is 0.258. The second-order valence-electron chi connectivity index (χ2n) is 5.19. The molecule has 1 aliphatic heterocycles. The highest BCUT2D eigenvalue weighted by atomic mass is 79.9. The van der Waals surface area contributed by atoms with E-state index in [-0.39, 0.29) is 18.4 Å². The molecule has 1 atom stereocenters. The zero-order chi connectivity index (χ0) is 15.7. The van der Waals surface area contributed by atoms with Gasteiger partial charge in [0, 0.05) is 43.5 Å². The summed E-state index contributed by atoms with van der Waals surface area (Å²) < 4.78 is 30.1. The maximum Gasteiger partial charge on any atom is 0.243 e. The first-order valence-electron chi connectivity index (χ1n) is 6.95. The highest BCUT2D eigenvalue weighted by molar-refractivity contribution is 9.10. The fraction of sp³-hybridized carbons (Fsp3) is 0.357. The molecule has 23 heavy (non-hydrogen) atoms. The molecule has 0 spiro atoms. The Kier molecular flexibility index (Phi) is 5.85. The van der Waals surface area contributed by atoms with E-state index in [1.54, 1.807) is 24.4 Å². The molecule has 1 saturated heterocycles. The van der Waals surface area contributed by atoms with E-state index in [1.807, 2.05) is 23.9 Å². The summed E-state index contributed by atoms with van der Waals surface area (Å²) in [5.41, 5.74) is 0. The highest BCUT2D eigenvalue weighted by Crippen LogP contribution is 2.28. The molecule has 126 valence electrons. The van der Waals surface area contributed by atoms with Crippen LogP contribution in [0.5, 0.6) is 0 Å². The number of aryl methyl sites for hydroxylation is 1. The van der Waals surface area contributed by atoms with Gasteiger partial charge in [0.1, 0.15) is 5.82 Å². The molecule has 0 radical (unpaired) electrons. The molecule has 1 aromatic heterocycles. The number of piperazine rings is 1. The fourth-order valence-corrected chi connectivity index (χ4v) is 4.84. The summed E-state index contributed by atoms with van der Waals surface area (Å²) in [6.07, 6.45) is 3.52. The van der Waals surface area contributed by atoms with Crippen molar-refractivity contribution < 1.29 is 8.42 Å². The van der Waals surface area contributed by atoms with Crippen LogP contribution in [0.4, 0.5) is 0 Å². The van der Waals surface area contributed by atoms with Crippen LogP contribution in [0.1, 0.15) is 11.9 Å². The van der Waals surface area contributed by atoms with Crippen LogP contribution >= 0.6 is 28.3 Å². The first kappa shape index (κ1) is 18.4. The lowest BCUT2D eigenvalue weighted by Crippen LogP contribution is -2.49. The van der Waals surface area contributed by atoms with Gasteiger partial charge in [0.05, 0.1) is 10.9 Å². The van der Waals surface area contributed by atoms with E-state index < -0.39 is 10.0 Å². The van der Waals surface area contributed by atoms with Crippen molar-refractivity contribution >= 4 is 38.4 Å². The Morgan fingerprint density at radius 2 is 2.17 bits per heavy atom. The van der Waals surface area contributed by atoms with E-state index in [2.05, 4.69) is 26.2 Å². The Balaban J connectivity index is 0.00000192. The molecule has 1 unspecified atom stereocenters. The van der Waals surface area contributed by atoms with Gasteiger partial charge in [-0.2, -0.15) is 4.31 Å². The summed E-state index contributed by atoms with van der Waals surface area (Å²) in [6.45, 7) is 1.61. The fourth-order valence-electron chi connectivity index (χ4n) is 2.65. The van der Waals surface area contributed by atoms with Crippen LogP contribution < -0.4 is 5.32 Å². The standard InChI is InChI=1S/C14H17BrN4O2S.ClH/c1-18-7-6-17-14(18)13-10-16-5-8-19(13)22(20,21)12-4-2-3-11(15)9-12;/h2-4,6-7,9,13,16H,5,8,10H2,1H3;1H. The van der Waals surface area contributed by atoms with Crippen LogP contribution in [-0.2, 0) is 17.1 Å². The minimum Gasteiger partial charge on any atom is -0.337 e. The molecule has 1 aliphatic rings. The minimum absolute atomic E-state index is 0. The average Bonchev–Trinajstić information content (AvgIpc) is 2.93. The van der Waals surface area contributed by atoms with Gasteiger partial charge in [-0.05, 0) is 18.2 Å². The normalized spacial score (nSPS) is 19.3. The summed E-state index contributed by atoms with van der Waals surface area (Å²) in [6, 6.07) is 6.49. The molecule has 0 bridgehead atoms. The van der Waals surface area contributed by atoms with Gasteiger partial charge in [0.2, 0.25) is 10.0 Å². The lowest BCUT2D eigenvalue weighted by Gasteiger charge is -2.34. The Morgan fingerprint density at radius 1 is 1.39 bits per heavy atom. The minimum atomic E-state index is -3.57. The number of hydrogen-bond acceptors (Lipinski definition) is 4. The molecule has 9 heteroatoms. The molecule has 1 N–H and O–H groups in total. The van der Waals surface area contributed by atoms with E-state index in [4.69, 9.17) is 0 Å². The van der Waals surface area contributed by atoms with Gasteiger partial charge in [0.25, 0.3) is 0 Å². The van der Waals surface area contributed by atoms with Crippen molar-refractivity contribution in [2.45, 2.75) is 10.9 Å². The van der Waals surface area contributed by atoms with Gasteiger partial charge in [-0.25, -0.2) is 13.4 Å². The van der Waals surface area contributed by atoms with Gasteiger partial charge >= 0.3 is 0 Å². The monoisotopic (exact) mass is 420 g/mol. The van der Waals surface area contributed by atoms with E-state index >= 15 is 0 Å². The molecule has 2 heterocycles. The van der Waals surface area contributed by atoms with Crippen molar-refractivity contribution in [3.8, 4) is 0 Å². The third-order valence-electron chi connectivity index (χ3n) is 3.75. The number of sulfonamides is 1. The molecule has 6 nitrogen and oxygen atoms in total. The highest BCUT2D eigenvalue weighted by Gasteiger charge is 2.36. The van der Waals surface area contributed by atoms with E-state index in [1.165, 1.54) is 4.31 Å². The summed E-state index contributed by atoms with van der Waals surface area (Å²) in [4.78, 5) is 4.62. The maximum absolute atomic E-state index is 13.0. The van der Waals surface area contributed by atoms with Gasteiger partial charge < -0.3 is 9.88 Å². The maximum atomic E-state index is 13.0. The summed E-state index contributed by atoms with van der Waals surface area (Å²) in [5, 5.41) is 3.25. The second-order valence-corrected chi connectivity index (χ2v) is 8.00.